The van der Waals surface area contributed by atoms with Gasteiger partial charge in [0.05, 0.1) is 17.2 Å². The zero-order valence-corrected chi connectivity index (χ0v) is 29.8. The SMILES string of the molecule is CCOc1ccc(N(CC(=O)N(Cc2cccc(Br)c2)[C@H](Cc2ccccc2)C(=O)NC(C)(C)C)S(=O)(=O)c2ccc(C)cc2)cc1. The fourth-order valence-corrected chi connectivity index (χ4v) is 6.94. The molecule has 0 aliphatic heterocycles. The molecule has 248 valence electrons. The second-order valence-corrected chi connectivity index (χ2v) is 15.1. The van der Waals surface area contributed by atoms with Crippen LogP contribution in [0.5, 0.6) is 5.75 Å². The van der Waals surface area contributed by atoms with Gasteiger partial charge in [-0.25, -0.2) is 8.42 Å². The average Bonchev–Trinajstić information content (AvgIpc) is 3.02. The van der Waals surface area contributed by atoms with Crippen molar-refractivity contribution in [2.45, 2.75) is 64.1 Å². The van der Waals surface area contributed by atoms with Crippen LogP contribution in [-0.4, -0.2) is 49.9 Å². The molecule has 0 radical (unpaired) electrons. The van der Waals surface area contributed by atoms with Gasteiger partial charge in [-0.1, -0.05) is 76.1 Å². The van der Waals surface area contributed by atoms with Crippen molar-refractivity contribution in [2.24, 2.45) is 0 Å². The summed E-state index contributed by atoms with van der Waals surface area (Å²) in [6, 6.07) is 29.1. The van der Waals surface area contributed by atoms with Gasteiger partial charge in [0.1, 0.15) is 18.3 Å². The summed E-state index contributed by atoms with van der Waals surface area (Å²) in [6.07, 6.45) is 0.232. The Bertz CT molecular complexity index is 1760. The molecule has 4 aromatic carbocycles. The number of hydrogen-bond donors (Lipinski definition) is 1. The molecule has 0 heterocycles. The molecular weight excluding hydrogens is 678 g/mol. The van der Waals surface area contributed by atoms with Crippen molar-refractivity contribution in [2.75, 3.05) is 17.5 Å². The van der Waals surface area contributed by atoms with Gasteiger partial charge < -0.3 is 15.0 Å². The van der Waals surface area contributed by atoms with E-state index in [0.717, 1.165) is 25.5 Å². The molecule has 0 unspecified atom stereocenters. The topological polar surface area (TPSA) is 96.0 Å². The Hall–Kier alpha value is -4.15. The van der Waals surface area contributed by atoms with Crippen molar-refractivity contribution >= 4 is 43.5 Å². The number of hydrogen-bond acceptors (Lipinski definition) is 5. The van der Waals surface area contributed by atoms with Gasteiger partial charge >= 0.3 is 0 Å². The minimum atomic E-state index is -4.20. The summed E-state index contributed by atoms with van der Waals surface area (Å²) in [7, 11) is -4.20. The highest BCUT2D eigenvalue weighted by molar-refractivity contribution is 9.10. The molecule has 4 rings (SSSR count). The van der Waals surface area contributed by atoms with Crippen molar-refractivity contribution in [3.05, 3.63) is 124 Å². The monoisotopic (exact) mass is 719 g/mol. The van der Waals surface area contributed by atoms with Crippen LogP contribution in [0.1, 0.15) is 44.4 Å². The number of halogens is 1. The fourth-order valence-electron chi connectivity index (χ4n) is 5.08. The first kappa shape index (κ1) is 35.7. The van der Waals surface area contributed by atoms with Crippen LogP contribution in [0.3, 0.4) is 0 Å². The van der Waals surface area contributed by atoms with Crippen molar-refractivity contribution in [3.63, 3.8) is 0 Å². The summed E-state index contributed by atoms with van der Waals surface area (Å²) in [5.74, 6) is -0.286. The number of benzene rings is 4. The van der Waals surface area contributed by atoms with E-state index in [0.29, 0.717) is 18.0 Å². The highest BCUT2D eigenvalue weighted by atomic mass is 79.9. The van der Waals surface area contributed by atoms with Crippen LogP contribution in [0.4, 0.5) is 5.69 Å². The molecule has 0 aliphatic rings. The first-order valence-corrected chi connectivity index (χ1v) is 17.7. The molecule has 0 spiro atoms. The summed E-state index contributed by atoms with van der Waals surface area (Å²) in [4.78, 5) is 30.2. The van der Waals surface area contributed by atoms with E-state index in [1.54, 1.807) is 36.4 Å². The van der Waals surface area contributed by atoms with Crippen LogP contribution < -0.4 is 14.4 Å². The molecule has 10 heteroatoms. The maximum atomic E-state index is 14.6. The molecule has 0 saturated carbocycles. The molecule has 4 aromatic rings. The summed E-state index contributed by atoms with van der Waals surface area (Å²) < 4.78 is 36.0. The highest BCUT2D eigenvalue weighted by Crippen LogP contribution is 2.27. The minimum absolute atomic E-state index is 0.0506. The normalized spacial score (nSPS) is 12.2. The van der Waals surface area contributed by atoms with Crippen molar-refractivity contribution < 1.29 is 22.7 Å². The molecule has 2 amide bonds. The predicted molar refractivity (Wildman–Crippen MR) is 190 cm³/mol. The van der Waals surface area contributed by atoms with Crippen LogP contribution >= 0.6 is 15.9 Å². The zero-order valence-electron chi connectivity index (χ0n) is 27.4. The molecule has 1 atom stereocenters. The Morgan fingerprint density at radius 2 is 1.51 bits per heavy atom. The first-order chi connectivity index (χ1) is 22.3. The number of carbonyl (C=O) groups is 2. The quantitative estimate of drug-likeness (QED) is 0.162. The molecule has 8 nitrogen and oxygen atoms in total. The van der Waals surface area contributed by atoms with E-state index in [1.807, 2.05) is 89.2 Å². The van der Waals surface area contributed by atoms with Crippen molar-refractivity contribution in [1.82, 2.24) is 10.2 Å². The lowest BCUT2D eigenvalue weighted by Crippen LogP contribution is -2.56. The Morgan fingerprint density at radius 3 is 2.11 bits per heavy atom. The Kier molecular flexibility index (Phi) is 11.9. The number of sulfonamides is 1. The summed E-state index contributed by atoms with van der Waals surface area (Å²) in [5, 5.41) is 3.05. The van der Waals surface area contributed by atoms with Gasteiger partial charge in [-0.05, 0) is 94.3 Å². The number of nitrogens with zero attached hydrogens (tertiary/aromatic N) is 2. The lowest BCUT2D eigenvalue weighted by atomic mass is 10.0. The van der Waals surface area contributed by atoms with Gasteiger partial charge in [0, 0.05) is 23.0 Å². The first-order valence-electron chi connectivity index (χ1n) is 15.5. The number of anilines is 1. The van der Waals surface area contributed by atoms with E-state index in [4.69, 9.17) is 4.74 Å². The third kappa shape index (κ3) is 9.92. The number of carbonyl (C=O) groups excluding carboxylic acids is 2. The molecular formula is C37H42BrN3O5S. The van der Waals surface area contributed by atoms with Gasteiger partial charge in [0.2, 0.25) is 11.8 Å². The van der Waals surface area contributed by atoms with Gasteiger partial charge in [0.25, 0.3) is 10.0 Å². The molecule has 0 saturated heterocycles. The van der Waals surface area contributed by atoms with E-state index in [1.165, 1.54) is 17.0 Å². The number of nitrogens with one attached hydrogen (secondary N) is 1. The smallest absolute Gasteiger partial charge is 0.264 e. The summed E-state index contributed by atoms with van der Waals surface area (Å²) in [6.45, 7) is 9.38. The minimum Gasteiger partial charge on any atom is -0.494 e. The van der Waals surface area contributed by atoms with Crippen LogP contribution in [-0.2, 0) is 32.6 Å². The second kappa shape index (κ2) is 15.6. The fraction of sp³-hybridized carbons (Fsp3) is 0.297. The number of ether oxygens (including phenoxy) is 1. The Labute approximate surface area is 286 Å². The third-order valence-corrected chi connectivity index (χ3v) is 9.62. The van der Waals surface area contributed by atoms with E-state index in [9.17, 15) is 18.0 Å². The van der Waals surface area contributed by atoms with Gasteiger partial charge in [0.15, 0.2) is 0 Å². The van der Waals surface area contributed by atoms with Gasteiger partial charge in [-0.3, -0.25) is 13.9 Å². The van der Waals surface area contributed by atoms with Gasteiger partial charge in [-0.15, -0.1) is 0 Å². The standard InChI is InChI=1S/C37H42BrN3O5S/c1-6-46-32-19-17-31(18-20-32)41(47(44,45)33-21-15-27(2)16-22-33)26-35(42)40(25-29-13-10-14-30(38)23-29)34(36(43)39-37(3,4)5)24-28-11-8-7-9-12-28/h7-23,34H,6,24-26H2,1-5H3,(H,39,43)/t34-/m1/s1. The Morgan fingerprint density at radius 1 is 0.872 bits per heavy atom. The van der Waals surface area contributed by atoms with Crippen LogP contribution in [0.15, 0.2) is 112 Å². The molecule has 0 bridgehead atoms. The largest absolute Gasteiger partial charge is 0.494 e. The van der Waals surface area contributed by atoms with E-state index in [2.05, 4.69) is 21.2 Å². The number of rotatable bonds is 13. The maximum Gasteiger partial charge on any atom is 0.264 e. The average molecular weight is 721 g/mol. The second-order valence-electron chi connectivity index (χ2n) is 12.3. The maximum absolute atomic E-state index is 14.6. The molecule has 0 aromatic heterocycles. The number of aryl methyl sites for hydroxylation is 1. The Balaban J connectivity index is 1.82. The van der Waals surface area contributed by atoms with Crippen LogP contribution in [0, 0.1) is 6.92 Å². The lowest BCUT2D eigenvalue weighted by molar-refractivity contribution is -0.140. The molecule has 47 heavy (non-hydrogen) atoms. The third-order valence-electron chi connectivity index (χ3n) is 7.33. The van der Waals surface area contributed by atoms with Crippen molar-refractivity contribution in [3.8, 4) is 5.75 Å². The van der Waals surface area contributed by atoms with Crippen LogP contribution in [0.2, 0.25) is 0 Å². The number of amides is 2. The molecule has 0 aliphatic carbocycles. The van der Waals surface area contributed by atoms with Gasteiger partial charge in [-0.2, -0.15) is 0 Å². The van der Waals surface area contributed by atoms with Crippen molar-refractivity contribution in [1.29, 1.82) is 0 Å². The van der Waals surface area contributed by atoms with E-state index >= 15 is 0 Å². The summed E-state index contributed by atoms with van der Waals surface area (Å²) >= 11 is 3.51. The highest BCUT2D eigenvalue weighted by Gasteiger charge is 2.35. The van der Waals surface area contributed by atoms with Crippen LogP contribution in [0.25, 0.3) is 0 Å². The molecule has 1 N–H and O–H groups in total. The van der Waals surface area contributed by atoms with E-state index < -0.39 is 34.1 Å². The lowest BCUT2D eigenvalue weighted by Gasteiger charge is -2.35. The van der Waals surface area contributed by atoms with E-state index in [-0.39, 0.29) is 23.8 Å². The zero-order chi connectivity index (χ0) is 34.2. The summed E-state index contributed by atoms with van der Waals surface area (Å²) in [5.41, 5.74) is 2.28. The molecule has 0 fully saturated rings. The predicted octanol–water partition coefficient (Wildman–Crippen LogP) is 6.91.